The summed E-state index contributed by atoms with van der Waals surface area (Å²) >= 11 is 1.41. The first-order valence-electron chi connectivity index (χ1n) is 1.79. The second-order valence-corrected chi connectivity index (χ2v) is 1.95. The van der Waals surface area contributed by atoms with E-state index in [4.69, 9.17) is 5.02 Å². The summed E-state index contributed by atoms with van der Waals surface area (Å²) in [6, 6.07) is 0. The Balaban J connectivity index is 2.76. The summed E-state index contributed by atoms with van der Waals surface area (Å²) in [6.45, 7) is 0. The van der Waals surface area contributed by atoms with Crippen molar-refractivity contribution >= 4 is 23.6 Å². The van der Waals surface area contributed by atoms with E-state index in [2.05, 4.69) is 4.98 Å². The Kier molecular flexibility index (Phi) is 1.44. The number of nitrogens with zero attached hydrogens (tertiary/aromatic N) is 1. The first-order chi connectivity index (χ1) is 3.43. The second-order valence-electron chi connectivity index (χ2n) is 1.03. The van der Waals surface area contributed by atoms with E-state index in [9.17, 15) is 0 Å². The maximum absolute atomic E-state index is 8.27. The van der Waals surface area contributed by atoms with E-state index >= 15 is 0 Å². The zero-order valence-corrected chi connectivity index (χ0v) is 4.35. The van der Waals surface area contributed by atoms with Crippen LogP contribution in [0.5, 0.6) is 0 Å². The molecule has 0 aliphatic rings. The normalized spacial score (nSPS) is 8.71. The van der Waals surface area contributed by atoms with Crippen molar-refractivity contribution in [2.24, 2.45) is 0 Å². The molecule has 7 heavy (non-hydrogen) atoms. The molecule has 0 unspecified atom stereocenters. The van der Waals surface area contributed by atoms with Crippen LogP contribution in [0.15, 0.2) is 11.7 Å². The fourth-order valence-electron chi connectivity index (χ4n) is 0.289. The van der Waals surface area contributed by atoms with Gasteiger partial charge in [0, 0.05) is 11.0 Å². The number of hydrogen-bond acceptors (Lipinski definition) is 3. The quantitative estimate of drug-likeness (QED) is 0.491. The highest BCUT2D eigenvalue weighted by Gasteiger charge is 1.89. The lowest BCUT2D eigenvalue weighted by Gasteiger charge is -1.72. The average molecular weight is 112 g/mol. The lowest BCUT2D eigenvalue weighted by molar-refractivity contribution is 0.616. The Morgan fingerprint density at radius 3 is 3.00 bits per heavy atom. The van der Waals surface area contributed by atoms with Crippen molar-refractivity contribution in [1.82, 2.24) is 4.98 Å². The molecular weight excluding hydrogens is 109 g/mol. The number of aromatic nitrogens is 1. The SMILES string of the molecule is O[B]c1cncs1. The van der Waals surface area contributed by atoms with Crippen LogP contribution < -0.4 is 4.78 Å². The van der Waals surface area contributed by atoms with E-state index in [0.29, 0.717) is 0 Å². The van der Waals surface area contributed by atoms with Crippen LogP contribution in [0, 0.1) is 0 Å². The van der Waals surface area contributed by atoms with E-state index in [0.717, 1.165) is 12.3 Å². The van der Waals surface area contributed by atoms with Crippen molar-refractivity contribution in [3.63, 3.8) is 0 Å². The van der Waals surface area contributed by atoms with Crippen LogP contribution in [0.4, 0.5) is 0 Å². The summed E-state index contributed by atoms with van der Waals surface area (Å²) in [5, 5.41) is 8.27. The summed E-state index contributed by atoms with van der Waals surface area (Å²) in [4.78, 5) is 3.72. The van der Waals surface area contributed by atoms with Crippen LogP contribution in [-0.4, -0.2) is 17.5 Å². The van der Waals surface area contributed by atoms with Gasteiger partial charge in [0.1, 0.15) is 0 Å². The fraction of sp³-hybridized carbons (Fsp3) is 0. The number of hydrogen-bond donors (Lipinski definition) is 1. The summed E-state index contributed by atoms with van der Waals surface area (Å²) in [6.07, 6.45) is 1.60. The molecule has 1 rings (SSSR count). The lowest BCUT2D eigenvalue weighted by atomic mass is 10.0. The van der Waals surface area contributed by atoms with Crippen molar-refractivity contribution < 1.29 is 5.02 Å². The number of thiazole rings is 1. The van der Waals surface area contributed by atoms with Crippen molar-refractivity contribution in [3.05, 3.63) is 11.7 Å². The van der Waals surface area contributed by atoms with Crippen molar-refractivity contribution in [3.8, 4) is 0 Å². The molecular formula is C3H3BNOS. The molecule has 0 spiro atoms. The molecule has 0 saturated heterocycles. The Hall–Kier alpha value is -0.345. The molecule has 1 radical (unpaired) electrons. The van der Waals surface area contributed by atoms with Gasteiger partial charge in [0.2, 0.25) is 0 Å². The standard InChI is InChI=1S/C3H3BNOS/c6-4-3-1-5-2-7-3/h1-2,6H. The molecule has 0 atom stereocenters. The third-order valence-electron chi connectivity index (χ3n) is 0.579. The van der Waals surface area contributed by atoms with E-state index in [1.807, 2.05) is 0 Å². The fourth-order valence-corrected chi connectivity index (χ4v) is 0.715. The molecule has 1 aromatic rings. The third-order valence-corrected chi connectivity index (χ3v) is 1.29. The molecule has 0 aliphatic carbocycles. The van der Waals surface area contributed by atoms with Gasteiger partial charge in [-0.2, -0.15) is 0 Å². The molecule has 4 heteroatoms. The van der Waals surface area contributed by atoms with Crippen LogP contribution in [0.25, 0.3) is 0 Å². The van der Waals surface area contributed by atoms with Gasteiger partial charge in [-0.3, -0.25) is 4.98 Å². The minimum absolute atomic E-state index is 0.792. The van der Waals surface area contributed by atoms with Crippen molar-refractivity contribution in [2.45, 2.75) is 0 Å². The molecule has 0 bridgehead atoms. The van der Waals surface area contributed by atoms with Gasteiger partial charge in [0.15, 0.2) is 0 Å². The molecule has 1 heterocycles. The summed E-state index contributed by atoms with van der Waals surface area (Å²) in [7, 11) is 1.04. The summed E-state index contributed by atoms with van der Waals surface area (Å²) in [5.41, 5.74) is 1.67. The minimum atomic E-state index is 0.792. The molecule has 0 amide bonds. The van der Waals surface area contributed by atoms with Gasteiger partial charge in [-0.1, -0.05) is 0 Å². The zero-order chi connectivity index (χ0) is 5.11. The third kappa shape index (κ3) is 1.01. The highest BCUT2D eigenvalue weighted by Crippen LogP contribution is 1.83. The van der Waals surface area contributed by atoms with Gasteiger partial charge in [-0.25, -0.2) is 0 Å². The zero-order valence-electron chi connectivity index (χ0n) is 3.53. The van der Waals surface area contributed by atoms with Crippen molar-refractivity contribution in [1.29, 1.82) is 0 Å². The number of rotatable bonds is 1. The predicted molar refractivity (Wildman–Crippen MR) is 29.7 cm³/mol. The Morgan fingerprint density at radius 1 is 1.86 bits per heavy atom. The Bertz CT molecular complexity index is 129. The average Bonchev–Trinajstić information content (AvgIpc) is 2.14. The lowest BCUT2D eigenvalue weighted by Crippen LogP contribution is -2.06. The van der Waals surface area contributed by atoms with Gasteiger partial charge in [0.05, 0.1) is 5.51 Å². The molecule has 1 N–H and O–H groups in total. The molecule has 35 valence electrons. The molecule has 0 fully saturated rings. The van der Waals surface area contributed by atoms with Gasteiger partial charge in [-0.05, 0) is 0 Å². The Labute approximate surface area is 46.1 Å². The van der Waals surface area contributed by atoms with Crippen LogP contribution in [0.3, 0.4) is 0 Å². The molecule has 0 aliphatic heterocycles. The van der Waals surface area contributed by atoms with Crippen LogP contribution in [0.1, 0.15) is 0 Å². The van der Waals surface area contributed by atoms with Gasteiger partial charge in [0.25, 0.3) is 0 Å². The molecule has 0 saturated carbocycles. The van der Waals surface area contributed by atoms with E-state index < -0.39 is 0 Å². The molecule has 1 aromatic heterocycles. The van der Waals surface area contributed by atoms with Crippen LogP contribution in [0.2, 0.25) is 0 Å². The Morgan fingerprint density at radius 2 is 2.71 bits per heavy atom. The maximum atomic E-state index is 8.27. The molecule has 0 aromatic carbocycles. The summed E-state index contributed by atoms with van der Waals surface area (Å²) in [5.74, 6) is 0. The smallest absolute Gasteiger partial charge is 0.339 e. The van der Waals surface area contributed by atoms with Crippen LogP contribution in [-0.2, 0) is 0 Å². The van der Waals surface area contributed by atoms with E-state index in [-0.39, 0.29) is 0 Å². The molecule has 2 nitrogen and oxygen atoms in total. The highest BCUT2D eigenvalue weighted by atomic mass is 32.1. The second kappa shape index (κ2) is 2.09. The monoisotopic (exact) mass is 112 g/mol. The minimum Gasteiger partial charge on any atom is -0.449 e. The topological polar surface area (TPSA) is 33.1 Å². The summed E-state index contributed by atoms with van der Waals surface area (Å²) < 4.78 is 0.792. The van der Waals surface area contributed by atoms with E-state index in [1.54, 1.807) is 11.7 Å². The van der Waals surface area contributed by atoms with Gasteiger partial charge < -0.3 is 5.02 Å². The first kappa shape index (κ1) is 4.81. The largest absolute Gasteiger partial charge is 0.449 e. The first-order valence-corrected chi connectivity index (χ1v) is 2.67. The van der Waals surface area contributed by atoms with Gasteiger partial charge in [-0.15, -0.1) is 11.3 Å². The predicted octanol–water partition coefficient (Wildman–Crippen LogP) is -0.620. The maximum Gasteiger partial charge on any atom is 0.339 e. The van der Waals surface area contributed by atoms with Gasteiger partial charge >= 0.3 is 7.48 Å². The highest BCUT2D eigenvalue weighted by molar-refractivity contribution is 7.18. The van der Waals surface area contributed by atoms with E-state index in [1.165, 1.54) is 11.3 Å². The van der Waals surface area contributed by atoms with Crippen LogP contribution >= 0.6 is 11.3 Å². The van der Waals surface area contributed by atoms with Crippen molar-refractivity contribution in [2.75, 3.05) is 0 Å².